The molecule has 4 rings (SSSR count). The second-order valence-corrected chi connectivity index (χ2v) is 7.08. The molecule has 0 bridgehead atoms. The summed E-state index contributed by atoms with van der Waals surface area (Å²) in [5, 5.41) is 1.25. The van der Waals surface area contributed by atoms with Crippen molar-refractivity contribution in [2.24, 2.45) is 5.73 Å². The van der Waals surface area contributed by atoms with E-state index in [1.807, 2.05) is 19.1 Å². The molecule has 3 aromatic carbocycles. The molecule has 0 saturated heterocycles. The van der Waals surface area contributed by atoms with E-state index in [2.05, 4.69) is 6.07 Å². The zero-order chi connectivity index (χ0) is 21.6. The number of nitrogens with zero attached hydrogens (tertiary/aromatic N) is 1. The molecule has 0 fully saturated rings. The van der Waals surface area contributed by atoms with Gasteiger partial charge in [0.1, 0.15) is 5.82 Å². The minimum Gasteiger partial charge on any atom is -0.366 e. The summed E-state index contributed by atoms with van der Waals surface area (Å²) in [5.41, 5.74) is 7.24. The summed E-state index contributed by atoms with van der Waals surface area (Å²) in [6.07, 6.45) is -3.88. The maximum atomic E-state index is 14.5. The van der Waals surface area contributed by atoms with Crippen LogP contribution in [0.25, 0.3) is 21.8 Å². The summed E-state index contributed by atoms with van der Waals surface area (Å²) in [4.78, 5) is 12.0. The van der Waals surface area contributed by atoms with Crippen LogP contribution in [0.15, 0.2) is 48.5 Å². The number of halogens is 4. The van der Waals surface area contributed by atoms with Gasteiger partial charge in [0, 0.05) is 21.9 Å². The molecular weight excluding hydrogens is 396 g/mol. The van der Waals surface area contributed by atoms with Gasteiger partial charge in [0.2, 0.25) is 5.91 Å². The molecule has 0 aliphatic rings. The van der Waals surface area contributed by atoms with E-state index in [9.17, 15) is 22.4 Å². The van der Waals surface area contributed by atoms with Crippen molar-refractivity contribution < 1.29 is 22.4 Å². The van der Waals surface area contributed by atoms with Crippen molar-refractivity contribution in [3.63, 3.8) is 0 Å². The van der Waals surface area contributed by atoms with Crippen LogP contribution >= 0.6 is 0 Å². The number of benzene rings is 3. The molecule has 4 aromatic rings. The third kappa shape index (κ3) is 3.30. The van der Waals surface area contributed by atoms with Crippen molar-refractivity contribution in [1.82, 2.24) is 4.57 Å². The maximum Gasteiger partial charge on any atom is 0.416 e. The topological polar surface area (TPSA) is 48.0 Å². The molecule has 3 nitrogen and oxygen atoms in total. The first-order valence-electron chi connectivity index (χ1n) is 9.31. The Morgan fingerprint density at radius 2 is 1.90 bits per heavy atom. The number of carbonyl (C=O) groups excluding carboxylic acids is 1. The first-order valence-corrected chi connectivity index (χ1v) is 9.31. The second-order valence-electron chi connectivity index (χ2n) is 7.08. The van der Waals surface area contributed by atoms with Crippen LogP contribution in [0.5, 0.6) is 0 Å². The largest absolute Gasteiger partial charge is 0.416 e. The zero-order valence-corrected chi connectivity index (χ0v) is 16.0. The van der Waals surface area contributed by atoms with Crippen molar-refractivity contribution in [1.29, 1.82) is 0 Å². The van der Waals surface area contributed by atoms with Gasteiger partial charge in [-0.1, -0.05) is 25.1 Å². The highest BCUT2D eigenvalue weighted by Crippen LogP contribution is 2.34. The Bertz CT molecular complexity index is 1290. The van der Waals surface area contributed by atoms with Gasteiger partial charge in [-0.25, -0.2) is 4.39 Å². The quantitative estimate of drug-likeness (QED) is 0.444. The predicted molar refractivity (Wildman–Crippen MR) is 107 cm³/mol. The number of aromatic nitrogens is 1. The highest BCUT2D eigenvalue weighted by Gasteiger charge is 2.31. The molecule has 2 N–H and O–H groups in total. The van der Waals surface area contributed by atoms with E-state index in [1.54, 1.807) is 22.8 Å². The number of amides is 1. The fraction of sp³-hybridized carbons (Fsp3) is 0.174. The third-order valence-corrected chi connectivity index (χ3v) is 5.24. The maximum absolute atomic E-state index is 14.5. The van der Waals surface area contributed by atoms with E-state index in [4.69, 9.17) is 5.73 Å². The van der Waals surface area contributed by atoms with Crippen molar-refractivity contribution >= 4 is 27.7 Å². The van der Waals surface area contributed by atoms with Crippen LogP contribution in [0.1, 0.15) is 34.0 Å². The van der Waals surface area contributed by atoms with Gasteiger partial charge in [-0.05, 0) is 48.4 Å². The molecule has 1 aromatic heterocycles. The van der Waals surface area contributed by atoms with Crippen molar-refractivity contribution in [3.05, 3.63) is 82.7 Å². The molecular formula is C23H17F4N2O. The third-order valence-electron chi connectivity index (χ3n) is 5.24. The monoisotopic (exact) mass is 413 g/mol. The van der Waals surface area contributed by atoms with Gasteiger partial charge in [0.15, 0.2) is 0 Å². The Morgan fingerprint density at radius 1 is 1.13 bits per heavy atom. The average Bonchev–Trinajstić information content (AvgIpc) is 3.01. The number of fused-ring (bicyclic) bond motifs is 3. The molecule has 30 heavy (non-hydrogen) atoms. The number of rotatable bonds is 4. The summed E-state index contributed by atoms with van der Waals surface area (Å²) >= 11 is 0. The van der Waals surface area contributed by atoms with Crippen molar-refractivity contribution in [3.8, 4) is 0 Å². The van der Waals surface area contributed by atoms with Gasteiger partial charge in [-0.2, -0.15) is 13.2 Å². The minimum absolute atomic E-state index is 0.00675. The van der Waals surface area contributed by atoms with Crippen molar-refractivity contribution in [2.75, 3.05) is 0 Å². The lowest BCUT2D eigenvalue weighted by molar-refractivity contribution is -0.137. The van der Waals surface area contributed by atoms with Crippen LogP contribution < -0.4 is 5.73 Å². The Kier molecular flexibility index (Phi) is 4.76. The van der Waals surface area contributed by atoms with E-state index in [0.29, 0.717) is 33.4 Å². The van der Waals surface area contributed by atoms with Crippen LogP contribution in [0.3, 0.4) is 0 Å². The fourth-order valence-electron chi connectivity index (χ4n) is 3.70. The van der Waals surface area contributed by atoms with Crippen LogP contribution in [-0.4, -0.2) is 10.5 Å². The van der Waals surface area contributed by atoms with Gasteiger partial charge < -0.3 is 10.3 Å². The van der Waals surface area contributed by atoms with Crippen LogP contribution in [0.4, 0.5) is 17.6 Å². The highest BCUT2D eigenvalue weighted by molar-refractivity contribution is 6.17. The molecule has 0 unspecified atom stereocenters. The Labute approximate surface area is 169 Å². The molecule has 0 aliphatic heterocycles. The van der Waals surface area contributed by atoms with Gasteiger partial charge >= 0.3 is 6.18 Å². The number of aryl methyl sites for hydroxylation is 1. The molecule has 153 valence electrons. The van der Waals surface area contributed by atoms with Crippen LogP contribution in [-0.2, 0) is 19.1 Å². The minimum atomic E-state index is -4.62. The summed E-state index contributed by atoms with van der Waals surface area (Å²) in [7, 11) is 0. The predicted octanol–water partition coefficient (Wildman–Crippen LogP) is 5.46. The summed E-state index contributed by atoms with van der Waals surface area (Å²) in [6.45, 7) is 1.97. The number of primary amides is 1. The zero-order valence-electron chi connectivity index (χ0n) is 16.0. The number of hydrogen-bond acceptors (Lipinski definition) is 1. The first kappa shape index (κ1) is 19.9. The van der Waals surface area contributed by atoms with E-state index in [-0.39, 0.29) is 12.1 Å². The molecule has 1 radical (unpaired) electrons. The van der Waals surface area contributed by atoms with Gasteiger partial charge in [0.25, 0.3) is 0 Å². The fourth-order valence-corrected chi connectivity index (χ4v) is 3.70. The smallest absolute Gasteiger partial charge is 0.366 e. The van der Waals surface area contributed by atoms with Gasteiger partial charge in [-0.15, -0.1) is 0 Å². The van der Waals surface area contributed by atoms with Crippen molar-refractivity contribution in [2.45, 2.75) is 26.1 Å². The molecule has 0 aliphatic carbocycles. The SMILES string of the molecule is CCc1c[c]c2c3c(C(N)=O)cccc3n(Cc3ccc(C(F)(F)F)cc3F)c2c1. The van der Waals surface area contributed by atoms with Crippen LogP contribution in [0, 0.1) is 11.9 Å². The van der Waals surface area contributed by atoms with Gasteiger partial charge in [0.05, 0.1) is 23.1 Å². The molecule has 0 spiro atoms. The summed E-state index contributed by atoms with van der Waals surface area (Å²) < 4.78 is 54.9. The molecule has 7 heteroatoms. The summed E-state index contributed by atoms with van der Waals surface area (Å²) in [6, 6.07) is 14.5. The standard InChI is InChI=1S/C23H17F4N2O/c1-2-13-6-9-16-20(10-13)29(19-5-3-4-17(21(16)19)22(28)30)12-14-7-8-15(11-18(14)24)23(25,26)27/h3-8,10-11H,2,12H2,1H3,(H2,28,30). The number of carbonyl (C=O) groups is 1. The molecule has 1 amide bonds. The first-order chi connectivity index (χ1) is 14.2. The Hall–Kier alpha value is -3.35. The lowest BCUT2D eigenvalue weighted by Gasteiger charge is -2.12. The highest BCUT2D eigenvalue weighted by atomic mass is 19.4. The van der Waals surface area contributed by atoms with E-state index < -0.39 is 23.5 Å². The van der Waals surface area contributed by atoms with Crippen LogP contribution in [0.2, 0.25) is 0 Å². The number of hydrogen-bond donors (Lipinski definition) is 1. The lowest BCUT2D eigenvalue weighted by atomic mass is 10.0. The normalized spacial score (nSPS) is 12.0. The van der Waals surface area contributed by atoms with Gasteiger partial charge in [-0.3, -0.25) is 4.79 Å². The average molecular weight is 413 g/mol. The Morgan fingerprint density at radius 3 is 2.53 bits per heavy atom. The molecule has 1 heterocycles. The van der Waals surface area contributed by atoms with E-state index in [0.717, 1.165) is 24.1 Å². The van der Waals surface area contributed by atoms with E-state index in [1.165, 1.54) is 0 Å². The Balaban J connectivity index is 1.96. The molecule has 0 saturated carbocycles. The number of alkyl halides is 3. The lowest BCUT2D eigenvalue weighted by Crippen LogP contribution is -2.11. The second kappa shape index (κ2) is 7.16. The number of nitrogens with two attached hydrogens (primary N) is 1. The van der Waals surface area contributed by atoms with E-state index >= 15 is 0 Å². The summed E-state index contributed by atoms with van der Waals surface area (Å²) in [5.74, 6) is -1.55. The molecule has 0 atom stereocenters.